The van der Waals surface area contributed by atoms with E-state index in [2.05, 4.69) is 62.1 Å². The Kier molecular flexibility index (Phi) is 38.9. The van der Waals surface area contributed by atoms with Gasteiger partial charge in [0.1, 0.15) is 0 Å². The maximum absolute atomic E-state index is 11.7. The number of methoxy groups -OCH3 is 4. The number of aryl methyl sites for hydroxylation is 3. The van der Waals surface area contributed by atoms with Gasteiger partial charge in [-0.05, 0) is 93.2 Å². The van der Waals surface area contributed by atoms with Gasteiger partial charge in [-0.3, -0.25) is 0 Å². The zero-order valence-electron chi connectivity index (χ0n) is 57.7. The topological polar surface area (TPSA) is 208 Å². The van der Waals surface area contributed by atoms with Crippen molar-refractivity contribution in [1.29, 1.82) is 0 Å². The standard InChI is InChI=1S/C71H115NO21/c1-9-78-28-29-87-46-47-92-48-49-93-56-71(14-19-82-33-37-91-45-41-86-27-23-77-8)64-54-58(3)51-61-67(64)72-66-60(69(61,10-15-73)11-16-79-30-34-88-42-38-83-24-20-74-5)50-57(2)52-62(66)70(63-53-59(4)55-65(71)68(63)72,12-17-80-31-35-89-43-39-84-25-21-75-6)13-18-81-32-36-90-44-40-85-26-22-76-7/h50-55,73H,9-49,56H2,1-8H3. The lowest BCUT2D eigenvalue weighted by Crippen LogP contribution is -2.50. The van der Waals surface area contributed by atoms with Crippen molar-refractivity contribution in [3.8, 4) is 0 Å². The molecule has 0 radical (unpaired) electrons. The summed E-state index contributed by atoms with van der Waals surface area (Å²) >= 11 is 0. The molecule has 0 aromatic heterocycles. The Morgan fingerprint density at radius 1 is 0.269 bits per heavy atom. The van der Waals surface area contributed by atoms with Gasteiger partial charge in [0, 0.05) is 84.3 Å². The average molecular weight is 1320 g/mol. The molecule has 0 saturated carbocycles. The van der Waals surface area contributed by atoms with Crippen LogP contribution >= 0.6 is 0 Å². The molecule has 0 fully saturated rings. The number of aliphatic hydroxyl groups is 1. The number of benzene rings is 3. The van der Waals surface area contributed by atoms with Crippen LogP contribution < -0.4 is 4.90 Å². The van der Waals surface area contributed by atoms with Gasteiger partial charge in [0.05, 0.1) is 222 Å². The summed E-state index contributed by atoms with van der Waals surface area (Å²) in [5.41, 5.74) is 11.6. The molecule has 530 valence electrons. The highest BCUT2D eigenvalue weighted by Gasteiger charge is 2.57. The fraction of sp³-hybridized carbons (Fsp3) is 0.746. The molecule has 22 nitrogen and oxygen atoms in total. The van der Waals surface area contributed by atoms with Crippen molar-refractivity contribution in [2.45, 2.75) is 76.0 Å². The van der Waals surface area contributed by atoms with Crippen LogP contribution in [-0.2, 0) is 111 Å². The number of aliphatic hydroxyl groups excluding tert-OH is 1. The van der Waals surface area contributed by atoms with E-state index in [0.29, 0.717) is 270 Å². The Bertz CT molecular complexity index is 2270. The fourth-order valence-electron chi connectivity index (χ4n) is 12.7. The third-order valence-corrected chi connectivity index (χ3v) is 17.1. The monoisotopic (exact) mass is 1320 g/mol. The summed E-state index contributed by atoms with van der Waals surface area (Å²) in [6.45, 7) is 25.0. The molecule has 3 aromatic rings. The fourth-order valence-corrected chi connectivity index (χ4v) is 12.7. The van der Waals surface area contributed by atoms with Crippen molar-refractivity contribution < 1.29 is 99.8 Å². The zero-order valence-corrected chi connectivity index (χ0v) is 57.7. The van der Waals surface area contributed by atoms with Gasteiger partial charge in [0.25, 0.3) is 0 Å². The Hall–Kier alpha value is -3.38. The van der Waals surface area contributed by atoms with Gasteiger partial charge >= 0.3 is 0 Å². The summed E-state index contributed by atoms with van der Waals surface area (Å²) < 4.78 is 118. The van der Waals surface area contributed by atoms with E-state index in [1.807, 2.05) is 6.92 Å². The van der Waals surface area contributed by atoms with Gasteiger partial charge in [0.15, 0.2) is 0 Å². The molecule has 0 saturated heterocycles. The molecule has 3 aliphatic rings. The normalized spacial score (nSPS) is 16.7. The van der Waals surface area contributed by atoms with Gasteiger partial charge in [-0.1, -0.05) is 53.1 Å². The molecule has 3 aliphatic heterocycles. The first kappa shape index (κ1) is 78.6. The van der Waals surface area contributed by atoms with Crippen molar-refractivity contribution in [2.24, 2.45) is 0 Å². The van der Waals surface area contributed by atoms with Crippen molar-refractivity contribution in [2.75, 3.05) is 278 Å². The predicted molar refractivity (Wildman–Crippen MR) is 354 cm³/mol. The number of nitrogens with zero attached hydrogens (tertiary/aromatic N) is 1. The molecule has 0 aliphatic carbocycles. The highest BCUT2D eigenvalue weighted by molar-refractivity contribution is 5.99. The van der Waals surface area contributed by atoms with Gasteiger partial charge in [-0.2, -0.15) is 0 Å². The average Bonchev–Trinajstić information content (AvgIpc) is 0.660. The number of hydrogen-bond acceptors (Lipinski definition) is 22. The first-order valence-corrected chi connectivity index (χ1v) is 33.8. The van der Waals surface area contributed by atoms with Gasteiger partial charge in [0.2, 0.25) is 0 Å². The Labute approximate surface area is 555 Å². The van der Waals surface area contributed by atoms with Crippen LogP contribution in [0.3, 0.4) is 0 Å². The van der Waals surface area contributed by atoms with Gasteiger partial charge in [-0.25, -0.2) is 0 Å². The van der Waals surface area contributed by atoms with Crippen molar-refractivity contribution in [3.05, 3.63) is 86.5 Å². The molecule has 0 spiro atoms. The minimum atomic E-state index is -0.763. The van der Waals surface area contributed by atoms with E-state index < -0.39 is 16.2 Å². The summed E-state index contributed by atoms with van der Waals surface area (Å²) in [5, 5.41) is 11.7. The van der Waals surface area contributed by atoms with Crippen LogP contribution in [0.4, 0.5) is 17.1 Å². The van der Waals surface area contributed by atoms with Crippen molar-refractivity contribution >= 4 is 17.1 Å². The number of ether oxygens (including phenoxy) is 20. The third kappa shape index (κ3) is 24.0. The maximum Gasteiger partial charge on any atom is 0.0701 e. The van der Waals surface area contributed by atoms with Crippen LogP contribution in [0.5, 0.6) is 0 Å². The number of rotatable bonds is 62. The lowest BCUT2D eigenvalue weighted by molar-refractivity contribution is -0.0113. The first-order chi connectivity index (χ1) is 45.7. The predicted octanol–water partition coefficient (Wildman–Crippen LogP) is 7.69. The molecule has 6 rings (SSSR count). The second-order valence-corrected chi connectivity index (χ2v) is 23.5. The lowest BCUT2D eigenvalue weighted by atomic mass is 9.55. The first-order valence-electron chi connectivity index (χ1n) is 33.8. The molecule has 0 bridgehead atoms. The molecular formula is C71H115NO21. The summed E-state index contributed by atoms with van der Waals surface area (Å²) in [4.78, 5) is 2.58. The summed E-state index contributed by atoms with van der Waals surface area (Å²) in [6.07, 6.45) is 2.87. The van der Waals surface area contributed by atoms with E-state index in [-0.39, 0.29) is 6.61 Å². The number of hydrogen-bond donors (Lipinski definition) is 1. The second-order valence-electron chi connectivity index (χ2n) is 23.5. The van der Waals surface area contributed by atoms with Crippen LogP contribution in [0.2, 0.25) is 0 Å². The second kappa shape index (κ2) is 46.0. The molecule has 3 aromatic carbocycles. The van der Waals surface area contributed by atoms with Gasteiger partial charge < -0.3 is 105 Å². The van der Waals surface area contributed by atoms with E-state index in [1.165, 1.54) is 11.1 Å². The van der Waals surface area contributed by atoms with Crippen molar-refractivity contribution in [1.82, 2.24) is 0 Å². The van der Waals surface area contributed by atoms with Gasteiger partial charge in [-0.15, -0.1) is 0 Å². The van der Waals surface area contributed by atoms with E-state index in [1.54, 1.807) is 28.4 Å². The quantitative estimate of drug-likeness (QED) is 0.0537. The smallest absolute Gasteiger partial charge is 0.0701 e. The minimum Gasteiger partial charge on any atom is -0.396 e. The molecule has 22 heteroatoms. The van der Waals surface area contributed by atoms with Crippen LogP contribution in [0.25, 0.3) is 0 Å². The molecule has 1 N–H and O–H groups in total. The lowest BCUT2D eigenvalue weighted by Gasteiger charge is -2.58. The SMILES string of the molecule is CCOCCOCCOCCOCC1(CCOCCOCCOCCOC)c2cc(C)cc3c2N2c4c(cc(C)cc4C(CCOCCOCCOCCOC)(CCOCCOCCOCCOC)c4cc(C)cc1c42)C3(CCO)CCOCCOCCOCCOC. The highest BCUT2D eigenvalue weighted by Crippen LogP contribution is 2.69. The van der Waals surface area contributed by atoms with Crippen LogP contribution in [0.1, 0.15) is 89.1 Å². The van der Waals surface area contributed by atoms with E-state index >= 15 is 0 Å². The molecule has 2 unspecified atom stereocenters. The molecule has 0 amide bonds. The molecular weight excluding hydrogens is 1200 g/mol. The van der Waals surface area contributed by atoms with Crippen LogP contribution in [0, 0.1) is 20.8 Å². The molecule has 2 atom stereocenters. The van der Waals surface area contributed by atoms with E-state index in [4.69, 9.17) is 94.7 Å². The maximum atomic E-state index is 11.7. The molecule has 3 heterocycles. The summed E-state index contributed by atoms with van der Waals surface area (Å²) in [5.74, 6) is 0. The van der Waals surface area contributed by atoms with Crippen LogP contribution in [0.15, 0.2) is 36.4 Å². The minimum absolute atomic E-state index is 0.0603. The van der Waals surface area contributed by atoms with E-state index in [0.717, 1.165) is 56.0 Å². The summed E-state index contributed by atoms with van der Waals surface area (Å²) in [6, 6.07) is 14.3. The zero-order chi connectivity index (χ0) is 66.1. The molecule has 93 heavy (non-hydrogen) atoms. The number of anilines is 3. The Balaban J connectivity index is 1.46. The highest BCUT2D eigenvalue weighted by atomic mass is 16.6. The Morgan fingerprint density at radius 3 is 0.720 bits per heavy atom. The largest absolute Gasteiger partial charge is 0.396 e. The van der Waals surface area contributed by atoms with Crippen molar-refractivity contribution in [3.63, 3.8) is 0 Å². The summed E-state index contributed by atoms with van der Waals surface area (Å²) in [7, 11) is 6.65. The Morgan fingerprint density at radius 2 is 0.473 bits per heavy atom. The van der Waals surface area contributed by atoms with Crippen LogP contribution in [-0.4, -0.2) is 278 Å². The van der Waals surface area contributed by atoms with E-state index in [9.17, 15) is 5.11 Å². The third-order valence-electron chi connectivity index (χ3n) is 17.1.